The summed E-state index contributed by atoms with van der Waals surface area (Å²) in [7, 11) is 1.63. The molecule has 0 radical (unpaired) electrons. The number of methoxy groups -OCH3 is 1. The first-order chi connectivity index (χ1) is 14.1. The molecule has 0 fully saturated rings. The lowest BCUT2D eigenvalue weighted by molar-refractivity contribution is -0.130. The van der Waals surface area contributed by atoms with Crippen LogP contribution < -0.4 is 9.47 Å². The van der Waals surface area contributed by atoms with E-state index in [1.165, 1.54) is 0 Å². The van der Waals surface area contributed by atoms with Crippen molar-refractivity contribution < 1.29 is 19.0 Å². The number of ether oxygens (including phenoxy) is 3. The Morgan fingerprint density at radius 2 is 1.62 bits per heavy atom. The summed E-state index contributed by atoms with van der Waals surface area (Å²) in [5.74, 6) is 2.41. The molecule has 0 N–H and O–H groups in total. The van der Waals surface area contributed by atoms with Crippen LogP contribution in [0.3, 0.4) is 0 Å². The molecule has 4 nitrogen and oxygen atoms in total. The van der Waals surface area contributed by atoms with Crippen LogP contribution in [0.2, 0.25) is 0 Å². The number of hydrogen-bond donors (Lipinski definition) is 0. The zero-order valence-electron chi connectivity index (χ0n) is 16.2. The largest absolute Gasteiger partial charge is 0.496 e. The van der Waals surface area contributed by atoms with Gasteiger partial charge in [0.05, 0.1) is 12.7 Å². The van der Waals surface area contributed by atoms with Crippen LogP contribution in [0.1, 0.15) is 16.7 Å². The van der Waals surface area contributed by atoms with Crippen molar-refractivity contribution in [1.82, 2.24) is 0 Å². The Labute approximate surface area is 169 Å². The fourth-order valence-electron chi connectivity index (χ4n) is 3.05. The molecule has 144 valence electrons. The van der Waals surface area contributed by atoms with Gasteiger partial charge in [-0.2, -0.15) is 0 Å². The van der Waals surface area contributed by atoms with Crippen LogP contribution in [0.4, 0.5) is 0 Å². The van der Waals surface area contributed by atoms with Crippen LogP contribution in [0.25, 0.3) is 11.8 Å². The minimum atomic E-state index is -0.371. The third kappa shape index (κ3) is 4.22. The van der Waals surface area contributed by atoms with Gasteiger partial charge in [-0.25, -0.2) is 4.79 Å². The summed E-state index contributed by atoms with van der Waals surface area (Å²) in [5, 5.41) is 0. The molecule has 0 saturated heterocycles. The van der Waals surface area contributed by atoms with Crippen molar-refractivity contribution in [3.05, 3.63) is 101 Å². The fraction of sp³-hybridized carbons (Fsp3) is 0.0800. The van der Waals surface area contributed by atoms with Gasteiger partial charge in [0.15, 0.2) is 0 Å². The van der Waals surface area contributed by atoms with E-state index in [-0.39, 0.29) is 5.97 Å². The number of esters is 1. The van der Waals surface area contributed by atoms with E-state index in [4.69, 9.17) is 14.2 Å². The summed E-state index contributed by atoms with van der Waals surface area (Å²) in [6.45, 7) is 1.97. The number of hydrogen-bond acceptors (Lipinski definition) is 4. The molecule has 4 heteroatoms. The second-order valence-corrected chi connectivity index (χ2v) is 6.67. The number of carbonyl (C=O) groups is 1. The minimum Gasteiger partial charge on any atom is -0.496 e. The lowest BCUT2D eigenvalue weighted by Gasteiger charge is -2.07. The topological polar surface area (TPSA) is 44.8 Å². The highest BCUT2D eigenvalue weighted by Gasteiger charge is 2.22. The van der Waals surface area contributed by atoms with E-state index in [0.29, 0.717) is 17.1 Å². The Kier molecular flexibility index (Phi) is 5.16. The van der Waals surface area contributed by atoms with Gasteiger partial charge in [0.25, 0.3) is 0 Å². The maximum atomic E-state index is 12.3. The van der Waals surface area contributed by atoms with Crippen LogP contribution in [0, 0.1) is 6.92 Å². The standard InChI is InChI=1S/C25H20O4/c1-17-8-9-18(15-23(17)27-2)14-20-16-24(29-25(20)26)19-10-12-22(13-11-19)28-21-6-4-3-5-7-21/h3-16H,1-2H3/b20-14-. The molecule has 29 heavy (non-hydrogen) atoms. The first-order valence-electron chi connectivity index (χ1n) is 9.26. The second-order valence-electron chi connectivity index (χ2n) is 6.67. The van der Waals surface area contributed by atoms with Gasteiger partial charge in [-0.3, -0.25) is 0 Å². The molecular weight excluding hydrogens is 364 g/mol. The maximum absolute atomic E-state index is 12.3. The van der Waals surface area contributed by atoms with Gasteiger partial charge in [0.1, 0.15) is 23.0 Å². The van der Waals surface area contributed by atoms with Crippen LogP contribution in [-0.4, -0.2) is 13.1 Å². The monoisotopic (exact) mass is 384 g/mol. The molecule has 1 heterocycles. The summed E-state index contributed by atoms with van der Waals surface area (Å²) in [5.41, 5.74) is 3.22. The van der Waals surface area contributed by atoms with Crippen molar-refractivity contribution >= 4 is 17.8 Å². The first-order valence-corrected chi connectivity index (χ1v) is 9.26. The highest BCUT2D eigenvalue weighted by molar-refractivity contribution is 6.05. The fourth-order valence-corrected chi connectivity index (χ4v) is 3.05. The quantitative estimate of drug-likeness (QED) is 0.413. The summed E-state index contributed by atoms with van der Waals surface area (Å²) >= 11 is 0. The van der Waals surface area contributed by atoms with Gasteiger partial charge in [-0.1, -0.05) is 30.3 Å². The molecule has 0 spiro atoms. The molecule has 3 aromatic rings. The lowest BCUT2D eigenvalue weighted by Crippen LogP contribution is -1.97. The summed E-state index contributed by atoms with van der Waals surface area (Å²) < 4.78 is 16.6. The molecule has 0 bridgehead atoms. The molecule has 4 rings (SSSR count). The predicted octanol–water partition coefficient (Wildman–Crippen LogP) is 5.78. The van der Waals surface area contributed by atoms with E-state index in [2.05, 4.69) is 0 Å². The van der Waals surface area contributed by atoms with Gasteiger partial charge in [0.2, 0.25) is 0 Å². The highest BCUT2D eigenvalue weighted by Crippen LogP contribution is 2.30. The van der Waals surface area contributed by atoms with E-state index in [9.17, 15) is 4.79 Å². The highest BCUT2D eigenvalue weighted by atomic mass is 16.5. The lowest BCUT2D eigenvalue weighted by atomic mass is 10.1. The number of para-hydroxylation sites is 1. The van der Waals surface area contributed by atoms with E-state index < -0.39 is 0 Å². The van der Waals surface area contributed by atoms with Crippen LogP contribution in [-0.2, 0) is 9.53 Å². The second kappa shape index (κ2) is 8.07. The average molecular weight is 384 g/mol. The zero-order chi connectivity index (χ0) is 20.2. The van der Waals surface area contributed by atoms with E-state index in [1.54, 1.807) is 19.3 Å². The molecule has 1 aliphatic heterocycles. The van der Waals surface area contributed by atoms with Gasteiger partial charge in [0, 0.05) is 5.56 Å². The van der Waals surface area contributed by atoms with Gasteiger partial charge >= 0.3 is 5.97 Å². The maximum Gasteiger partial charge on any atom is 0.343 e. The first kappa shape index (κ1) is 18.6. The Bertz CT molecular complexity index is 1090. The Balaban J connectivity index is 1.54. The number of aryl methyl sites for hydroxylation is 1. The van der Waals surface area contributed by atoms with Crippen molar-refractivity contribution in [1.29, 1.82) is 0 Å². The van der Waals surface area contributed by atoms with Crippen molar-refractivity contribution in [2.75, 3.05) is 7.11 Å². The van der Waals surface area contributed by atoms with Crippen LogP contribution in [0.5, 0.6) is 17.2 Å². The van der Waals surface area contributed by atoms with Gasteiger partial charge < -0.3 is 14.2 Å². The third-order valence-corrected chi connectivity index (χ3v) is 4.60. The van der Waals surface area contributed by atoms with Crippen molar-refractivity contribution in [3.63, 3.8) is 0 Å². The molecular formula is C25H20O4. The third-order valence-electron chi connectivity index (χ3n) is 4.60. The Hall–Kier alpha value is -3.79. The Morgan fingerprint density at radius 1 is 0.897 bits per heavy atom. The molecule has 0 aromatic heterocycles. The number of rotatable bonds is 5. The van der Waals surface area contributed by atoms with Gasteiger partial charge in [-0.15, -0.1) is 0 Å². The number of benzene rings is 3. The molecule has 0 atom stereocenters. The predicted molar refractivity (Wildman–Crippen MR) is 113 cm³/mol. The average Bonchev–Trinajstić information content (AvgIpc) is 3.11. The molecule has 0 aliphatic carbocycles. The van der Waals surface area contributed by atoms with E-state index in [1.807, 2.05) is 79.7 Å². The molecule has 0 amide bonds. The summed E-state index contributed by atoms with van der Waals surface area (Å²) in [6.07, 6.45) is 3.55. The SMILES string of the molecule is COc1cc(/C=C2/C=C(c3ccc(Oc4ccccc4)cc3)OC2=O)ccc1C. The number of carbonyl (C=O) groups excluding carboxylic acids is 1. The minimum absolute atomic E-state index is 0.371. The normalized spacial score (nSPS) is 14.5. The number of cyclic esters (lactones) is 1. The molecule has 1 aliphatic rings. The summed E-state index contributed by atoms with van der Waals surface area (Å²) in [4.78, 5) is 12.3. The van der Waals surface area contributed by atoms with Crippen molar-refractivity contribution in [3.8, 4) is 17.2 Å². The zero-order valence-corrected chi connectivity index (χ0v) is 16.2. The summed E-state index contributed by atoms with van der Waals surface area (Å²) in [6, 6.07) is 22.8. The van der Waals surface area contributed by atoms with Crippen molar-refractivity contribution in [2.45, 2.75) is 6.92 Å². The van der Waals surface area contributed by atoms with Crippen LogP contribution >= 0.6 is 0 Å². The molecule has 3 aromatic carbocycles. The molecule has 0 unspecified atom stereocenters. The molecule has 0 saturated carbocycles. The van der Waals surface area contributed by atoms with Gasteiger partial charge in [-0.05, 0) is 72.7 Å². The van der Waals surface area contributed by atoms with Crippen LogP contribution in [0.15, 0.2) is 84.4 Å². The van der Waals surface area contributed by atoms with E-state index in [0.717, 1.165) is 28.2 Å². The smallest absolute Gasteiger partial charge is 0.343 e. The van der Waals surface area contributed by atoms with E-state index >= 15 is 0 Å². The van der Waals surface area contributed by atoms with Crippen molar-refractivity contribution in [2.24, 2.45) is 0 Å². The Morgan fingerprint density at radius 3 is 2.34 bits per heavy atom.